The van der Waals surface area contributed by atoms with E-state index >= 15 is 0 Å². The summed E-state index contributed by atoms with van der Waals surface area (Å²) in [6.45, 7) is 5.31. The normalized spacial score (nSPS) is 13.6. The van der Waals surface area contributed by atoms with E-state index in [2.05, 4.69) is 5.32 Å². The highest BCUT2D eigenvalue weighted by atomic mass is 19.4. The Balaban J connectivity index is 2.52. The van der Waals surface area contributed by atoms with Crippen LogP contribution in [0, 0.1) is 0 Å². The summed E-state index contributed by atoms with van der Waals surface area (Å²) in [7, 11) is 0. The van der Waals surface area contributed by atoms with Crippen LogP contribution in [0.5, 0.6) is 0 Å². The molecule has 3 N–H and O–H groups in total. The molecule has 0 aliphatic rings. The molecule has 4 nitrogen and oxygen atoms in total. The highest BCUT2D eigenvalue weighted by Crippen LogP contribution is 2.29. The molecule has 0 heterocycles. The van der Waals surface area contributed by atoms with E-state index in [4.69, 9.17) is 10.5 Å². The van der Waals surface area contributed by atoms with Crippen molar-refractivity contribution in [3.63, 3.8) is 0 Å². The first kappa shape index (κ1) is 18.3. The van der Waals surface area contributed by atoms with Gasteiger partial charge in [0, 0.05) is 12.6 Å². The van der Waals surface area contributed by atoms with Gasteiger partial charge in [-0.2, -0.15) is 13.2 Å². The molecule has 0 radical (unpaired) electrons. The molecule has 1 amide bonds. The largest absolute Gasteiger partial charge is 0.444 e. The minimum Gasteiger partial charge on any atom is -0.444 e. The van der Waals surface area contributed by atoms with Crippen LogP contribution in [0.1, 0.15) is 31.9 Å². The van der Waals surface area contributed by atoms with Gasteiger partial charge in [-0.15, -0.1) is 0 Å². The number of benzene rings is 1. The number of carbonyl (C=O) groups is 1. The smallest absolute Gasteiger partial charge is 0.416 e. The summed E-state index contributed by atoms with van der Waals surface area (Å²) >= 11 is 0. The maximum atomic E-state index is 12.6. The maximum absolute atomic E-state index is 12.6. The molecule has 0 aromatic heterocycles. The highest BCUT2D eigenvalue weighted by molar-refractivity contribution is 5.67. The molecule has 1 aromatic rings. The lowest BCUT2D eigenvalue weighted by molar-refractivity contribution is -0.137. The Hall–Kier alpha value is -1.76. The average molecular weight is 318 g/mol. The van der Waals surface area contributed by atoms with Gasteiger partial charge in [0.1, 0.15) is 5.60 Å². The molecule has 22 heavy (non-hydrogen) atoms. The van der Waals surface area contributed by atoms with Gasteiger partial charge >= 0.3 is 12.3 Å². The summed E-state index contributed by atoms with van der Waals surface area (Å²) in [4.78, 5) is 11.5. The van der Waals surface area contributed by atoms with E-state index < -0.39 is 29.5 Å². The molecule has 1 unspecified atom stereocenters. The maximum Gasteiger partial charge on any atom is 0.416 e. The summed E-state index contributed by atoms with van der Waals surface area (Å²) in [6, 6.07) is 4.48. The minimum absolute atomic E-state index is 0.116. The first-order valence-corrected chi connectivity index (χ1v) is 6.86. The van der Waals surface area contributed by atoms with Crippen LogP contribution in [-0.4, -0.2) is 24.3 Å². The Kier molecular flexibility index (Phi) is 5.82. The second kappa shape index (κ2) is 7.00. The number of nitrogens with one attached hydrogen (secondary N) is 1. The third kappa shape index (κ3) is 6.80. The molecule has 0 saturated heterocycles. The summed E-state index contributed by atoms with van der Waals surface area (Å²) in [5.41, 5.74) is 4.96. The number of hydrogen-bond acceptors (Lipinski definition) is 3. The van der Waals surface area contributed by atoms with Crippen LogP contribution in [0.15, 0.2) is 24.3 Å². The third-order valence-electron chi connectivity index (χ3n) is 2.66. The molecule has 0 fully saturated rings. The zero-order chi connectivity index (χ0) is 17.0. The van der Waals surface area contributed by atoms with E-state index in [9.17, 15) is 18.0 Å². The van der Waals surface area contributed by atoms with Crippen LogP contribution < -0.4 is 11.1 Å². The Morgan fingerprint density at radius 1 is 1.32 bits per heavy atom. The SMILES string of the molecule is CC(C)(C)OC(=O)NCC(N)Cc1cccc(C(F)(F)F)c1. The van der Waals surface area contributed by atoms with Gasteiger partial charge in [-0.25, -0.2) is 4.79 Å². The third-order valence-corrected chi connectivity index (χ3v) is 2.66. The quantitative estimate of drug-likeness (QED) is 0.896. The van der Waals surface area contributed by atoms with Crippen molar-refractivity contribution in [2.45, 2.75) is 45.0 Å². The molecule has 1 rings (SSSR count). The van der Waals surface area contributed by atoms with Crippen LogP contribution in [0.25, 0.3) is 0 Å². The Morgan fingerprint density at radius 3 is 2.50 bits per heavy atom. The van der Waals surface area contributed by atoms with E-state index in [1.807, 2.05) is 0 Å². The first-order valence-electron chi connectivity index (χ1n) is 6.86. The van der Waals surface area contributed by atoms with Crippen molar-refractivity contribution >= 4 is 6.09 Å². The van der Waals surface area contributed by atoms with Crippen molar-refractivity contribution in [3.8, 4) is 0 Å². The second-order valence-electron chi connectivity index (χ2n) is 6.05. The summed E-state index contributed by atoms with van der Waals surface area (Å²) in [6.07, 6.45) is -4.76. The molecule has 7 heteroatoms. The van der Waals surface area contributed by atoms with Crippen molar-refractivity contribution in [2.75, 3.05) is 6.54 Å². The fourth-order valence-corrected chi connectivity index (χ4v) is 1.78. The number of alkyl carbamates (subject to hydrolysis) is 1. The van der Waals surface area contributed by atoms with Crippen LogP contribution in [0.4, 0.5) is 18.0 Å². The Bertz CT molecular complexity index is 510. The minimum atomic E-state index is -4.38. The molecule has 124 valence electrons. The number of carbonyl (C=O) groups excluding carboxylic acids is 1. The predicted octanol–water partition coefficient (Wildman–Crippen LogP) is 3.10. The molecule has 0 bridgehead atoms. The number of nitrogens with two attached hydrogens (primary N) is 1. The second-order valence-corrected chi connectivity index (χ2v) is 6.05. The van der Waals surface area contributed by atoms with Crippen LogP contribution >= 0.6 is 0 Å². The number of alkyl halides is 3. The first-order chi connectivity index (χ1) is 9.97. The average Bonchev–Trinajstić information content (AvgIpc) is 2.34. The molecular weight excluding hydrogens is 297 g/mol. The lowest BCUT2D eigenvalue weighted by Gasteiger charge is -2.21. The van der Waals surface area contributed by atoms with Gasteiger partial charge in [-0.1, -0.05) is 18.2 Å². The zero-order valence-electron chi connectivity index (χ0n) is 12.8. The van der Waals surface area contributed by atoms with Crippen molar-refractivity contribution in [3.05, 3.63) is 35.4 Å². The predicted molar refractivity (Wildman–Crippen MR) is 77.4 cm³/mol. The molecule has 0 spiro atoms. The van der Waals surface area contributed by atoms with Gasteiger partial charge < -0.3 is 15.8 Å². The van der Waals surface area contributed by atoms with Crippen LogP contribution in [0.2, 0.25) is 0 Å². The zero-order valence-corrected chi connectivity index (χ0v) is 12.8. The van der Waals surface area contributed by atoms with Crippen molar-refractivity contribution in [2.24, 2.45) is 5.73 Å². The van der Waals surface area contributed by atoms with E-state index in [1.54, 1.807) is 26.8 Å². The molecule has 1 aromatic carbocycles. The van der Waals surface area contributed by atoms with E-state index in [0.29, 0.717) is 5.56 Å². The number of hydrogen-bond donors (Lipinski definition) is 2. The lowest BCUT2D eigenvalue weighted by atomic mass is 10.0. The number of halogens is 3. The van der Waals surface area contributed by atoms with E-state index in [0.717, 1.165) is 12.1 Å². The number of ether oxygens (including phenoxy) is 1. The van der Waals surface area contributed by atoms with Crippen molar-refractivity contribution < 1.29 is 22.7 Å². The van der Waals surface area contributed by atoms with Gasteiger partial charge in [0.2, 0.25) is 0 Å². The fraction of sp³-hybridized carbons (Fsp3) is 0.533. The monoisotopic (exact) mass is 318 g/mol. The summed E-state index contributed by atoms with van der Waals surface area (Å²) < 4.78 is 42.9. The van der Waals surface area contributed by atoms with Crippen molar-refractivity contribution in [1.29, 1.82) is 0 Å². The standard InChI is InChI=1S/C15H21F3N2O2/c1-14(2,3)22-13(21)20-9-12(19)8-10-5-4-6-11(7-10)15(16,17)18/h4-7,12H,8-9,19H2,1-3H3,(H,20,21). The van der Waals surface area contributed by atoms with Gasteiger partial charge in [-0.3, -0.25) is 0 Å². The van der Waals surface area contributed by atoms with E-state index in [1.165, 1.54) is 6.07 Å². The van der Waals surface area contributed by atoms with Gasteiger partial charge in [-0.05, 0) is 38.8 Å². The molecule has 1 atom stereocenters. The summed E-state index contributed by atoms with van der Waals surface area (Å²) in [5.74, 6) is 0. The van der Waals surface area contributed by atoms with Crippen LogP contribution in [0.3, 0.4) is 0 Å². The molecular formula is C15H21F3N2O2. The molecule has 0 saturated carbocycles. The molecule has 0 aliphatic heterocycles. The number of amides is 1. The van der Waals surface area contributed by atoms with Gasteiger partial charge in [0.15, 0.2) is 0 Å². The lowest BCUT2D eigenvalue weighted by Crippen LogP contribution is -2.41. The Labute approximate surface area is 127 Å². The van der Waals surface area contributed by atoms with E-state index in [-0.39, 0.29) is 13.0 Å². The van der Waals surface area contributed by atoms with Crippen molar-refractivity contribution in [1.82, 2.24) is 5.32 Å². The Morgan fingerprint density at radius 2 is 1.95 bits per heavy atom. The van der Waals surface area contributed by atoms with Crippen LogP contribution in [-0.2, 0) is 17.3 Å². The molecule has 0 aliphatic carbocycles. The number of rotatable bonds is 4. The van der Waals surface area contributed by atoms with Gasteiger partial charge in [0.05, 0.1) is 5.56 Å². The topological polar surface area (TPSA) is 64.3 Å². The fourth-order valence-electron chi connectivity index (χ4n) is 1.78. The summed E-state index contributed by atoms with van der Waals surface area (Å²) in [5, 5.41) is 2.50. The highest BCUT2D eigenvalue weighted by Gasteiger charge is 2.30. The van der Waals surface area contributed by atoms with Gasteiger partial charge in [0.25, 0.3) is 0 Å².